The molecule has 0 saturated carbocycles. The lowest BCUT2D eigenvalue weighted by molar-refractivity contribution is -0.143. The highest BCUT2D eigenvalue weighted by atomic mass is 16.7. The fourth-order valence-electron chi connectivity index (χ4n) is 4.48. The molecule has 1 N–H and O–H groups in total. The maximum atomic E-state index is 11.6. The summed E-state index contributed by atoms with van der Waals surface area (Å²) in [5.41, 5.74) is 1.34. The zero-order valence-electron chi connectivity index (χ0n) is 18.4. The highest BCUT2D eigenvalue weighted by molar-refractivity contribution is 5.75. The molecule has 0 radical (unpaired) electrons. The highest BCUT2D eigenvalue weighted by Crippen LogP contribution is 2.33. The van der Waals surface area contributed by atoms with Gasteiger partial charge in [0.15, 0.2) is 11.5 Å². The highest BCUT2D eigenvalue weighted by Gasteiger charge is 2.40. The lowest BCUT2D eigenvalue weighted by Gasteiger charge is -2.11. The van der Waals surface area contributed by atoms with Gasteiger partial charge in [-0.25, -0.2) is 0 Å². The van der Waals surface area contributed by atoms with Crippen LogP contribution in [0.25, 0.3) is 0 Å². The molecule has 1 aromatic rings. The van der Waals surface area contributed by atoms with E-state index in [-0.39, 0.29) is 18.0 Å². The van der Waals surface area contributed by atoms with E-state index in [1.165, 1.54) is 63.4 Å². The van der Waals surface area contributed by atoms with Crippen molar-refractivity contribution in [1.29, 1.82) is 0 Å². The average Bonchev–Trinajstić information content (AvgIpc) is 3.30. The first kappa shape index (κ1) is 22.9. The van der Waals surface area contributed by atoms with Crippen LogP contribution in [0.4, 0.5) is 0 Å². The van der Waals surface area contributed by atoms with Crippen molar-refractivity contribution >= 4 is 5.97 Å². The van der Waals surface area contributed by atoms with E-state index in [0.29, 0.717) is 6.79 Å². The van der Waals surface area contributed by atoms with Crippen LogP contribution in [0.3, 0.4) is 0 Å². The second-order valence-electron chi connectivity index (χ2n) is 8.85. The van der Waals surface area contributed by atoms with Crippen molar-refractivity contribution in [1.82, 2.24) is 0 Å². The van der Waals surface area contributed by atoms with Crippen LogP contribution < -0.4 is 9.47 Å². The third kappa shape index (κ3) is 6.90. The summed E-state index contributed by atoms with van der Waals surface area (Å²) < 4.78 is 15.9. The molecule has 0 spiro atoms. The third-order valence-electron chi connectivity index (χ3n) is 6.42. The molecular weight excluding hydrogens is 380 g/mol. The fraction of sp³-hybridized carbons (Fsp3) is 0.720. The third-order valence-corrected chi connectivity index (χ3v) is 6.42. The molecule has 2 aliphatic heterocycles. The molecule has 0 aliphatic carbocycles. The number of esters is 1. The van der Waals surface area contributed by atoms with Gasteiger partial charge in [-0.3, -0.25) is 4.79 Å². The average molecular weight is 419 g/mol. The Morgan fingerprint density at radius 1 is 0.867 bits per heavy atom. The van der Waals surface area contributed by atoms with E-state index >= 15 is 0 Å². The smallest absolute Gasteiger partial charge is 0.312 e. The molecule has 5 heteroatoms. The van der Waals surface area contributed by atoms with Gasteiger partial charge in [0.1, 0.15) is 12.2 Å². The Morgan fingerprint density at radius 2 is 1.47 bits per heavy atom. The molecule has 1 aromatic carbocycles. The van der Waals surface area contributed by atoms with Gasteiger partial charge < -0.3 is 19.3 Å². The number of aliphatic hydroxyl groups excluding tert-OH is 1. The summed E-state index contributed by atoms with van der Waals surface area (Å²) in [6, 6.07) is 6.28. The van der Waals surface area contributed by atoms with Crippen molar-refractivity contribution in [3.05, 3.63) is 23.8 Å². The summed E-state index contributed by atoms with van der Waals surface area (Å²) in [5.74, 6) is 1.24. The molecule has 2 heterocycles. The standard InChI is InChI=1S/C25H38O5/c1-19-24(26)21(25(27)30-19)14-12-10-8-6-4-2-3-5-7-9-11-13-20-15-16-22-23(17-20)29-18-28-22/h15-17,19,21,24,26H,2-14,18H2,1H3. The Balaban J connectivity index is 1.09. The van der Waals surface area contributed by atoms with Gasteiger partial charge in [0.25, 0.3) is 0 Å². The van der Waals surface area contributed by atoms with Crippen molar-refractivity contribution in [2.75, 3.05) is 6.79 Å². The minimum absolute atomic E-state index is 0.217. The predicted octanol–water partition coefficient (Wildman–Crippen LogP) is 5.56. The number of ether oxygens (including phenoxy) is 3. The summed E-state index contributed by atoms with van der Waals surface area (Å²) in [5, 5.41) is 9.94. The van der Waals surface area contributed by atoms with Crippen LogP contribution in [0, 0.1) is 5.92 Å². The maximum absolute atomic E-state index is 11.6. The number of benzene rings is 1. The number of unbranched alkanes of at least 4 members (excludes halogenated alkanes) is 10. The van der Waals surface area contributed by atoms with Crippen LogP contribution in [-0.2, 0) is 16.0 Å². The van der Waals surface area contributed by atoms with E-state index in [1.54, 1.807) is 6.92 Å². The van der Waals surface area contributed by atoms with Gasteiger partial charge in [-0.2, -0.15) is 0 Å². The normalized spacial score (nSPS) is 22.5. The minimum atomic E-state index is -0.616. The number of carbonyl (C=O) groups is 1. The minimum Gasteiger partial charge on any atom is -0.460 e. The van der Waals surface area contributed by atoms with E-state index < -0.39 is 6.10 Å². The van der Waals surface area contributed by atoms with Crippen molar-refractivity contribution in [3.8, 4) is 11.5 Å². The van der Waals surface area contributed by atoms with E-state index in [2.05, 4.69) is 12.1 Å². The molecule has 3 rings (SSSR count). The van der Waals surface area contributed by atoms with Crippen LogP contribution in [0.2, 0.25) is 0 Å². The molecule has 1 saturated heterocycles. The lowest BCUT2D eigenvalue weighted by Crippen LogP contribution is -2.24. The molecule has 0 bridgehead atoms. The van der Waals surface area contributed by atoms with Gasteiger partial charge in [0, 0.05) is 0 Å². The summed E-state index contributed by atoms with van der Waals surface area (Å²) >= 11 is 0. The second kappa shape index (κ2) is 12.2. The van der Waals surface area contributed by atoms with Crippen molar-refractivity contribution in [2.45, 2.75) is 103 Å². The number of aliphatic hydroxyl groups is 1. The SMILES string of the molecule is CC1OC(=O)C(CCCCCCCCCCCCCc2ccc3c(c2)OCO3)C1O. The van der Waals surface area contributed by atoms with Crippen LogP contribution in [-0.4, -0.2) is 30.1 Å². The van der Waals surface area contributed by atoms with E-state index in [1.807, 2.05) is 6.07 Å². The number of rotatable bonds is 14. The Bertz CT molecular complexity index is 659. The van der Waals surface area contributed by atoms with Crippen molar-refractivity contribution in [2.24, 2.45) is 5.92 Å². The predicted molar refractivity (Wildman–Crippen MR) is 117 cm³/mol. The topological polar surface area (TPSA) is 65.0 Å². The Kier molecular flexibility index (Phi) is 9.31. The summed E-state index contributed by atoms with van der Waals surface area (Å²) in [4.78, 5) is 11.6. The van der Waals surface area contributed by atoms with Crippen LogP contribution in [0.15, 0.2) is 18.2 Å². The first-order valence-electron chi connectivity index (χ1n) is 11.9. The zero-order chi connectivity index (χ0) is 21.2. The lowest BCUT2D eigenvalue weighted by atomic mass is 9.95. The van der Waals surface area contributed by atoms with Gasteiger partial charge in [-0.1, -0.05) is 70.3 Å². The summed E-state index contributed by atoms with van der Waals surface area (Å²) in [6.45, 7) is 2.11. The molecule has 0 aromatic heterocycles. The zero-order valence-corrected chi connectivity index (χ0v) is 18.4. The molecule has 3 unspecified atom stereocenters. The molecule has 5 nitrogen and oxygen atoms in total. The van der Waals surface area contributed by atoms with Crippen LogP contribution in [0.5, 0.6) is 11.5 Å². The van der Waals surface area contributed by atoms with Crippen molar-refractivity contribution in [3.63, 3.8) is 0 Å². The largest absolute Gasteiger partial charge is 0.460 e. The number of hydrogen-bond donors (Lipinski definition) is 1. The number of hydrogen-bond acceptors (Lipinski definition) is 5. The van der Waals surface area contributed by atoms with Gasteiger partial charge in [0.2, 0.25) is 6.79 Å². The Labute approximate surface area is 181 Å². The van der Waals surface area contributed by atoms with Crippen LogP contribution in [0.1, 0.15) is 89.5 Å². The molecule has 0 amide bonds. The van der Waals surface area contributed by atoms with E-state index in [0.717, 1.165) is 37.2 Å². The first-order valence-corrected chi connectivity index (χ1v) is 11.9. The number of carbonyl (C=O) groups excluding carboxylic acids is 1. The molecular formula is C25H38O5. The summed E-state index contributed by atoms with van der Waals surface area (Å²) in [7, 11) is 0. The molecule has 30 heavy (non-hydrogen) atoms. The number of aryl methyl sites for hydroxylation is 1. The van der Waals surface area contributed by atoms with E-state index in [4.69, 9.17) is 14.2 Å². The molecule has 2 aliphatic rings. The quantitative estimate of drug-likeness (QED) is 0.316. The second-order valence-corrected chi connectivity index (χ2v) is 8.85. The van der Waals surface area contributed by atoms with Gasteiger partial charge in [-0.15, -0.1) is 0 Å². The van der Waals surface area contributed by atoms with Crippen molar-refractivity contribution < 1.29 is 24.1 Å². The molecule has 168 valence electrons. The number of fused-ring (bicyclic) bond motifs is 1. The van der Waals surface area contributed by atoms with E-state index in [9.17, 15) is 9.90 Å². The maximum Gasteiger partial charge on any atom is 0.312 e. The van der Waals surface area contributed by atoms with Gasteiger partial charge >= 0.3 is 5.97 Å². The Morgan fingerprint density at radius 3 is 2.10 bits per heavy atom. The van der Waals surface area contributed by atoms with Crippen LogP contribution >= 0.6 is 0 Å². The molecule has 3 atom stereocenters. The molecule has 1 fully saturated rings. The Hall–Kier alpha value is -1.75. The monoisotopic (exact) mass is 418 g/mol. The van der Waals surface area contributed by atoms with Gasteiger partial charge in [-0.05, 0) is 43.9 Å². The van der Waals surface area contributed by atoms with Gasteiger partial charge in [0.05, 0.1) is 5.92 Å². The first-order chi connectivity index (χ1) is 14.6. The summed E-state index contributed by atoms with van der Waals surface area (Å²) in [6.07, 6.45) is 14.7. The fourth-order valence-corrected chi connectivity index (χ4v) is 4.48. The number of cyclic esters (lactones) is 1.